The Morgan fingerprint density at radius 2 is 2.23 bits per heavy atom. The van der Waals surface area contributed by atoms with Crippen LogP contribution in [0.25, 0.3) is 11.0 Å². The van der Waals surface area contributed by atoms with E-state index in [1.165, 1.54) is 0 Å². The number of aromatic nitrogens is 4. The summed E-state index contributed by atoms with van der Waals surface area (Å²) >= 11 is 0. The lowest BCUT2D eigenvalue weighted by atomic mass is 10.0. The van der Waals surface area contributed by atoms with Crippen molar-refractivity contribution < 1.29 is 4.74 Å². The molecular weight excluding hydrogens is 280 g/mol. The summed E-state index contributed by atoms with van der Waals surface area (Å²) in [6, 6.07) is 7.89. The van der Waals surface area contributed by atoms with E-state index >= 15 is 0 Å². The molecule has 0 amide bonds. The fourth-order valence-electron chi connectivity index (χ4n) is 3.08. The summed E-state index contributed by atoms with van der Waals surface area (Å²) in [6.07, 6.45) is 3.81. The molecule has 0 fully saturated rings. The number of hydrogen-bond donors (Lipinski definition) is 2. The van der Waals surface area contributed by atoms with Crippen LogP contribution in [0.4, 0.5) is 11.8 Å². The van der Waals surface area contributed by atoms with E-state index in [0.29, 0.717) is 6.61 Å². The zero-order valence-electron chi connectivity index (χ0n) is 12.1. The molecule has 0 saturated heterocycles. The SMILES string of the molecule is COC[C@H]1Nc2nc(N)nc3ccn(c23)C1c1ccccn1. The summed E-state index contributed by atoms with van der Waals surface area (Å²) in [4.78, 5) is 13.1. The van der Waals surface area contributed by atoms with Gasteiger partial charge in [-0.15, -0.1) is 0 Å². The van der Waals surface area contributed by atoms with E-state index in [9.17, 15) is 0 Å². The van der Waals surface area contributed by atoms with Gasteiger partial charge in [-0.3, -0.25) is 4.98 Å². The molecule has 0 saturated carbocycles. The van der Waals surface area contributed by atoms with Crippen LogP contribution in [0.15, 0.2) is 36.7 Å². The molecule has 7 nitrogen and oxygen atoms in total. The molecule has 112 valence electrons. The van der Waals surface area contributed by atoms with Crippen molar-refractivity contribution in [3.63, 3.8) is 0 Å². The normalized spacial score (nSPS) is 20.0. The third kappa shape index (κ3) is 1.90. The molecule has 22 heavy (non-hydrogen) atoms. The zero-order chi connectivity index (χ0) is 15.1. The van der Waals surface area contributed by atoms with Gasteiger partial charge in [0.25, 0.3) is 0 Å². The third-order valence-electron chi connectivity index (χ3n) is 3.92. The maximum atomic E-state index is 5.78. The average molecular weight is 296 g/mol. The lowest BCUT2D eigenvalue weighted by Crippen LogP contribution is -2.39. The number of methoxy groups -OCH3 is 1. The second kappa shape index (κ2) is 4.96. The van der Waals surface area contributed by atoms with Crippen molar-refractivity contribution in [2.24, 2.45) is 0 Å². The maximum Gasteiger partial charge on any atom is 0.222 e. The minimum Gasteiger partial charge on any atom is -0.382 e. The van der Waals surface area contributed by atoms with Crippen LogP contribution in [0, 0.1) is 0 Å². The molecule has 3 aromatic rings. The van der Waals surface area contributed by atoms with Gasteiger partial charge in [0.05, 0.1) is 29.9 Å². The molecular formula is C15H16N6O. The van der Waals surface area contributed by atoms with Gasteiger partial charge < -0.3 is 20.4 Å². The van der Waals surface area contributed by atoms with Crippen molar-refractivity contribution in [1.82, 2.24) is 19.5 Å². The molecule has 0 radical (unpaired) electrons. The molecule has 1 aliphatic heterocycles. The van der Waals surface area contributed by atoms with Crippen LogP contribution in [0.3, 0.4) is 0 Å². The monoisotopic (exact) mass is 296 g/mol. The van der Waals surface area contributed by atoms with Crippen molar-refractivity contribution in [3.05, 3.63) is 42.4 Å². The lowest BCUT2D eigenvalue weighted by molar-refractivity contribution is 0.171. The molecule has 4 rings (SSSR count). The molecule has 0 aromatic carbocycles. The standard InChI is InChI=1S/C15H16N6O/c1-22-8-11-12(9-4-2-3-6-17-9)21-7-5-10-13(21)14(18-11)20-15(16)19-10/h2-7,11-12H,8H2,1H3,(H3,16,18,19,20)/t11-,12?/m1/s1. The van der Waals surface area contributed by atoms with Gasteiger partial charge in [-0.05, 0) is 18.2 Å². The molecule has 2 atom stereocenters. The van der Waals surface area contributed by atoms with Gasteiger partial charge in [-0.1, -0.05) is 6.07 Å². The Kier molecular flexibility index (Phi) is 2.93. The highest BCUT2D eigenvalue weighted by Gasteiger charge is 2.33. The van der Waals surface area contributed by atoms with Gasteiger partial charge in [0.1, 0.15) is 5.52 Å². The molecule has 0 spiro atoms. The number of nitrogens with two attached hydrogens (primary N) is 1. The Bertz CT molecular complexity index is 816. The van der Waals surface area contributed by atoms with Crippen molar-refractivity contribution in [3.8, 4) is 0 Å². The number of hydrogen-bond acceptors (Lipinski definition) is 6. The fourth-order valence-corrected chi connectivity index (χ4v) is 3.08. The van der Waals surface area contributed by atoms with Crippen LogP contribution in [-0.4, -0.2) is 39.3 Å². The predicted molar refractivity (Wildman–Crippen MR) is 83.6 cm³/mol. The molecule has 0 aliphatic carbocycles. The summed E-state index contributed by atoms with van der Waals surface area (Å²) in [6.45, 7) is 0.532. The molecule has 1 aliphatic rings. The smallest absolute Gasteiger partial charge is 0.222 e. The first kappa shape index (κ1) is 13.0. The van der Waals surface area contributed by atoms with Crippen molar-refractivity contribution in [2.45, 2.75) is 12.1 Å². The molecule has 1 unspecified atom stereocenters. The Balaban J connectivity index is 1.93. The number of ether oxygens (including phenoxy) is 1. The minimum atomic E-state index is 0.0114. The Labute approximate surface area is 127 Å². The summed E-state index contributed by atoms with van der Waals surface area (Å²) in [7, 11) is 1.69. The van der Waals surface area contributed by atoms with Crippen LogP contribution >= 0.6 is 0 Å². The lowest BCUT2D eigenvalue weighted by Gasteiger charge is -2.33. The Morgan fingerprint density at radius 1 is 1.32 bits per heavy atom. The zero-order valence-corrected chi connectivity index (χ0v) is 12.1. The van der Waals surface area contributed by atoms with E-state index < -0.39 is 0 Å². The van der Waals surface area contributed by atoms with E-state index in [-0.39, 0.29) is 18.0 Å². The second-order valence-corrected chi connectivity index (χ2v) is 5.29. The van der Waals surface area contributed by atoms with E-state index in [4.69, 9.17) is 10.5 Å². The van der Waals surface area contributed by atoms with Crippen molar-refractivity contribution >= 4 is 22.8 Å². The van der Waals surface area contributed by atoms with E-state index in [0.717, 1.165) is 22.5 Å². The van der Waals surface area contributed by atoms with Gasteiger partial charge in [0.2, 0.25) is 5.95 Å². The number of nitrogens with zero attached hydrogens (tertiary/aromatic N) is 4. The highest BCUT2D eigenvalue weighted by Crippen LogP contribution is 2.35. The van der Waals surface area contributed by atoms with E-state index in [1.54, 1.807) is 13.3 Å². The maximum absolute atomic E-state index is 5.78. The first-order valence-corrected chi connectivity index (χ1v) is 7.08. The fraction of sp³-hybridized carbons (Fsp3) is 0.267. The number of nitrogens with one attached hydrogen (secondary N) is 1. The molecule has 4 heterocycles. The van der Waals surface area contributed by atoms with Crippen LogP contribution in [-0.2, 0) is 4.74 Å². The van der Waals surface area contributed by atoms with Crippen LogP contribution in [0.1, 0.15) is 11.7 Å². The van der Waals surface area contributed by atoms with Crippen LogP contribution in [0.2, 0.25) is 0 Å². The van der Waals surface area contributed by atoms with E-state index in [1.807, 2.05) is 30.5 Å². The Hall–Kier alpha value is -2.67. The summed E-state index contributed by atoms with van der Waals surface area (Å²) in [5, 5.41) is 3.42. The number of nitrogen functional groups attached to an aromatic ring is 1. The van der Waals surface area contributed by atoms with Gasteiger partial charge in [0, 0.05) is 19.5 Å². The highest BCUT2D eigenvalue weighted by molar-refractivity contribution is 5.89. The summed E-state index contributed by atoms with van der Waals surface area (Å²) < 4.78 is 7.52. The second-order valence-electron chi connectivity index (χ2n) is 5.29. The van der Waals surface area contributed by atoms with Gasteiger partial charge in [-0.2, -0.15) is 4.98 Å². The Morgan fingerprint density at radius 3 is 3.00 bits per heavy atom. The summed E-state index contributed by atoms with van der Waals surface area (Å²) in [5.74, 6) is 1.00. The average Bonchev–Trinajstić information content (AvgIpc) is 2.93. The molecule has 3 aromatic heterocycles. The van der Waals surface area contributed by atoms with Crippen LogP contribution in [0.5, 0.6) is 0 Å². The molecule has 3 N–H and O–H groups in total. The quantitative estimate of drug-likeness (QED) is 0.760. The molecule has 0 bridgehead atoms. The predicted octanol–water partition coefficient (Wildman–Crippen LogP) is 1.44. The van der Waals surface area contributed by atoms with Crippen molar-refractivity contribution in [2.75, 3.05) is 24.8 Å². The van der Waals surface area contributed by atoms with Gasteiger partial charge in [-0.25, -0.2) is 4.98 Å². The number of anilines is 2. The first-order chi connectivity index (χ1) is 10.8. The van der Waals surface area contributed by atoms with E-state index in [2.05, 4.69) is 24.8 Å². The van der Waals surface area contributed by atoms with Crippen LogP contribution < -0.4 is 11.1 Å². The highest BCUT2D eigenvalue weighted by atomic mass is 16.5. The van der Waals surface area contributed by atoms with Gasteiger partial charge in [0.15, 0.2) is 5.82 Å². The summed E-state index contributed by atoms with van der Waals surface area (Å²) in [5.41, 5.74) is 8.52. The third-order valence-corrected chi connectivity index (χ3v) is 3.92. The largest absolute Gasteiger partial charge is 0.382 e. The van der Waals surface area contributed by atoms with Gasteiger partial charge >= 0.3 is 0 Å². The molecule has 7 heteroatoms. The number of pyridine rings is 1. The first-order valence-electron chi connectivity index (χ1n) is 7.08. The van der Waals surface area contributed by atoms with Crippen molar-refractivity contribution in [1.29, 1.82) is 0 Å². The minimum absolute atomic E-state index is 0.0114. The number of rotatable bonds is 3. The topological polar surface area (TPSA) is 90.9 Å².